The number of alkyl halides is 3. The van der Waals surface area contributed by atoms with Crippen LogP contribution < -0.4 is 15.4 Å². The monoisotopic (exact) mass is 504 g/mol. The smallest absolute Gasteiger partial charge is 0.386 e. The van der Waals surface area contributed by atoms with Crippen LogP contribution in [0.5, 0.6) is 5.88 Å². The number of hydrogen-bond acceptors (Lipinski definition) is 7. The number of amides is 1. The second kappa shape index (κ2) is 12.0. The third kappa shape index (κ3) is 7.27. The molecule has 3 rings (SSSR count). The Morgan fingerprint density at radius 3 is 2.56 bits per heavy atom. The number of carbonyl (C=O) groups excluding carboxylic acids is 1. The summed E-state index contributed by atoms with van der Waals surface area (Å²) in [6.07, 6.45) is -1.60. The van der Waals surface area contributed by atoms with Gasteiger partial charge in [-0.3, -0.25) is 4.79 Å². The molecule has 8 nitrogen and oxygen atoms in total. The first kappa shape index (κ1) is 27.1. The predicted molar refractivity (Wildman–Crippen MR) is 133 cm³/mol. The molecule has 0 saturated heterocycles. The third-order valence-corrected chi connectivity index (χ3v) is 5.67. The highest BCUT2D eigenvalue weighted by molar-refractivity contribution is 5.95. The van der Waals surface area contributed by atoms with Gasteiger partial charge in [-0.15, -0.1) is 13.2 Å². The van der Waals surface area contributed by atoms with E-state index in [1.807, 2.05) is 32.0 Å². The molecule has 0 unspecified atom stereocenters. The first-order valence-corrected chi connectivity index (χ1v) is 11.9. The van der Waals surface area contributed by atoms with Gasteiger partial charge >= 0.3 is 6.36 Å². The lowest BCUT2D eigenvalue weighted by molar-refractivity contribution is -0.275. The van der Waals surface area contributed by atoms with Crippen molar-refractivity contribution < 1.29 is 22.7 Å². The van der Waals surface area contributed by atoms with Gasteiger partial charge in [0.05, 0.1) is 11.1 Å². The molecule has 0 aliphatic rings. The van der Waals surface area contributed by atoms with Gasteiger partial charge in [0.1, 0.15) is 5.69 Å². The van der Waals surface area contributed by atoms with E-state index in [-0.39, 0.29) is 23.1 Å². The van der Waals surface area contributed by atoms with Crippen molar-refractivity contribution in [2.24, 2.45) is 0 Å². The van der Waals surface area contributed by atoms with Crippen LogP contribution in [0.3, 0.4) is 0 Å². The number of para-hydroxylation sites is 1. The molecule has 36 heavy (non-hydrogen) atoms. The molecule has 1 aromatic carbocycles. The predicted octanol–water partition coefficient (Wildman–Crippen LogP) is 5.25. The average Bonchev–Trinajstić information content (AvgIpc) is 2.83. The summed E-state index contributed by atoms with van der Waals surface area (Å²) in [6, 6.07) is 6.94. The maximum absolute atomic E-state index is 13.0. The van der Waals surface area contributed by atoms with Gasteiger partial charge < -0.3 is 20.3 Å². The highest BCUT2D eigenvalue weighted by Crippen LogP contribution is 2.31. The Hall–Kier alpha value is -3.47. The fourth-order valence-electron chi connectivity index (χ4n) is 3.73. The maximum atomic E-state index is 13.0. The normalized spacial score (nSPS) is 11.8. The number of halogens is 3. The van der Waals surface area contributed by atoms with Crippen LogP contribution >= 0.6 is 0 Å². The second-order valence-electron chi connectivity index (χ2n) is 8.52. The van der Waals surface area contributed by atoms with Gasteiger partial charge in [-0.05, 0) is 43.6 Å². The fraction of sp³-hybridized carbons (Fsp3) is 0.440. The van der Waals surface area contributed by atoms with Crippen molar-refractivity contribution in [3.05, 3.63) is 47.8 Å². The maximum Gasteiger partial charge on any atom is 0.574 e. The second-order valence-corrected chi connectivity index (χ2v) is 8.52. The van der Waals surface area contributed by atoms with Gasteiger partial charge in [-0.25, -0.2) is 15.0 Å². The standard InChI is InChI=1S/C25H31F3N6O2/c1-5-34(6-2)12-8-11-29-22(35)18-13-20(23(30-15-18)36-25(26,27)28)32-24-31-14-17-9-7-10-19(16(3)4)21(17)33-24/h7,9-10,13-16H,5-6,8,11-12H2,1-4H3,(H,29,35)(H,31,32,33). The van der Waals surface area contributed by atoms with E-state index in [0.29, 0.717) is 12.1 Å². The lowest BCUT2D eigenvalue weighted by Gasteiger charge is -2.18. The number of hydrogen-bond donors (Lipinski definition) is 2. The molecule has 0 fully saturated rings. The molecule has 0 aliphatic heterocycles. The highest BCUT2D eigenvalue weighted by atomic mass is 19.4. The van der Waals surface area contributed by atoms with Crippen LogP contribution in [0, 0.1) is 0 Å². The number of benzene rings is 1. The molecule has 1 amide bonds. The molecule has 2 N–H and O–H groups in total. The molecular weight excluding hydrogens is 473 g/mol. The van der Waals surface area contributed by atoms with Crippen molar-refractivity contribution in [2.45, 2.75) is 46.4 Å². The van der Waals surface area contributed by atoms with Crippen molar-refractivity contribution >= 4 is 28.4 Å². The van der Waals surface area contributed by atoms with Crippen molar-refractivity contribution in [1.29, 1.82) is 0 Å². The Labute approximate surface area is 208 Å². The van der Waals surface area contributed by atoms with Gasteiger partial charge in [-0.1, -0.05) is 45.9 Å². The summed E-state index contributed by atoms with van der Waals surface area (Å²) in [6.45, 7) is 11.3. The van der Waals surface area contributed by atoms with Crippen LogP contribution in [0.2, 0.25) is 0 Å². The summed E-state index contributed by atoms with van der Waals surface area (Å²) in [7, 11) is 0. The van der Waals surface area contributed by atoms with Crippen molar-refractivity contribution in [3.63, 3.8) is 0 Å². The van der Waals surface area contributed by atoms with Crippen LogP contribution in [0.15, 0.2) is 36.7 Å². The summed E-state index contributed by atoms with van der Waals surface area (Å²) >= 11 is 0. The van der Waals surface area contributed by atoms with Crippen LogP contribution in [0.4, 0.5) is 24.8 Å². The highest BCUT2D eigenvalue weighted by Gasteiger charge is 2.33. The Morgan fingerprint density at radius 2 is 1.89 bits per heavy atom. The van der Waals surface area contributed by atoms with Crippen LogP contribution in [0.1, 0.15) is 56.0 Å². The van der Waals surface area contributed by atoms with E-state index in [2.05, 4.69) is 49.1 Å². The quantitative estimate of drug-likeness (QED) is 0.345. The Balaban J connectivity index is 1.85. The van der Waals surface area contributed by atoms with E-state index in [9.17, 15) is 18.0 Å². The van der Waals surface area contributed by atoms with Crippen LogP contribution in [0.25, 0.3) is 10.9 Å². The van der Waals surface area contributed by atoms with Crippen LogP contribution in [-0.4, -0.2) is 58.3 Å². The molecule has 194 valence electrons. The van der Waals surface area contributed by atoms with Crippen molar-refractivity contribution in [3.8, 4) is 5.88 Å². The van der Waals surface area contributed by atoms with Crippen LogP contribution in [-0.2, 0) is 0 Å². The van der Waals surface area contributed by atoms with Crippen molar-refractivity contribution in [1.82, 2.24) is 25.2 Å². The number of anilines is 2. The van der Waals surface area contributed by atoms with Gasteiger partial charge in [0, 0.05) is 24.3 Å². The number of pyridine rings is 1. The SMILES string of the molecule is CCN(CC)CCCNC(=O)c1cnc(OC(F)(F)F)c(Nc2ncc3cccc(C(C)C)c3n2)c1. The zero-order valence-corrected chi connectivity index (χ0v) is 20.8. The minimum atomic E-state index is -4.97. The first-order valence-electron chi connectivity index (χ1n) is 11.9. The van der Waals surface area contributed by atoms with E-state index in [1.165, 1.54) is 6.07 Å². The summed E-state index contributed by atoms with van der Waals surface area (Å²) in [5.41, 5.74) is 1.56. The summed E-state index contributed by atoms with van der Waals surface area (Å²) < 4.78 is 43.1. The molecule has 11 heteroatoms. The van der Waals surface area contributed by atoms with Gasteiger partial charge in [0.2, 0.25) is 11.8 Å². The minimum absolute atomic E-state index is 0.0567. The molecule has 2 aromatic heterocycles. The van der Waals surface area contributed by atoms with Gasteiger partial charge in [-0.2, -0.15) is 0 Å². The minimum Gasteiger partial charge on any atom is -0.386 e. The van der Waals surface area contributed by atoms with Gasteiger partial charge in [0.25, 0.3) is 5.91 Å². The molecule has 2 heterocycles. The van der Waals surface area contributed by atoms with E-state index in [1.54, 1.807) is 6.20 Å². The summed E-state index contributed by atoms with van der Waals surface area (Å²) in [5.74, 6) is -0.955. The molecule has 0 atom stereocenters. The molecule has 0 bridgehead atoms. The van der Waals surface area contributed by atoms with E-state index in [4.69, 9.17) is 0 Å². The molecule has 0 spiro atoms. The number of rotatable bonds is 11. The van der Waals surface area contributed by atoms with Gasteiger partial charge in [0.15, 0.2) is 0 Å². The lowest BCUT2D eigenvalue weighted by Crippen LogP contribution is -2.30. The van der Waals surface area contributed by atoms with E-state index < -0.39 is 18.1 Å². The largest absolute Gasteiger partial charge is 0.574 e. The number of aromatic nitrogens is 3. The molecule has 0 radical (unpaired) electrons. The molecule has 0 aliphatic carbocycles. The molecular formula is C25H31F3N6O2. The lowest BCUT2D eigenvalue weighted by atomic mass is 10.0. The van der Waals surface area contributed by atoms with Crippen molar-refractivity contribution in [2.75, 3.05) is 31.5 Å². The number of fused-ring (bicyclic) bond motifs is 1. The summed E-state index contributed by atoms with van der Waals surface area (Å²) in [5, 5.41) is 6.33. The molecule has 3 aromatic rings. The Bertz CT molecular complexity index is 1180. The van der Waals surface area contributed by atoms with E-state index in [0.717, 1.165) is 43.2 Å². The third-order valence-electron chi connectivity index (χ3n) is 5.67. The fourth-order valence-corrected chi connectivity index (χ4v) is 3.73. The number of nitrogens with zero attached hydrogens (tertiary/aromatic N) is 4. The first-order chi connectivity index (χ1) is 17.1. The van der Waals surface area contributed by atoms with E-state index >= 15 is 0 Å². The number of ether oxygens (including phenoxy) is 1. The Kier molecular flexibility index (Phi) is 9.03. The number of carbonyl (C=O) groups is 1. The number of nitrogens with one attached hydrogen (secondary N) is 2. The topological polar surface area (TPSA) is 92.3 Å². The zero-order chi connectivity index (χ0) is 26.3. The average molecular weight is 505 g/mol. The Morgan fingerprint density at radius 1 is 1.14 bits per heavy atom. The summed E-state index contributed by atoms with van der Waals surface area (Å²) in [4.78, 5) is 27.3. The zero-order valence-electron chi connectivity index (χ0n) is 20.8. The molecule has 0 saturated carbocycles.